The van der Waals surface area contributed by atoms with Gasteiger partial charge in [0.25, 0.3) is 5.69 Å². The SMILES string of the molecule is O=[N+]([O-])c1cc(Br)cc(Oc2ccc(CO)cc2F)c1. The lowest BCUT2D eigenvalue weighted by Crippen LogP contribution is -1.93. The van der Waals surface area contributed by atoms with E-state index in [1.165, 1.54) is 30.3 Å². The topological polar surface area (TPSA) is 72.6 Å². The van der Waals surface area contributed by atoms with Crippen molar-refractivity contribution in [2.75, 3.05) is 0 Å². The Morgan fingerprint density at radius 3 is 2.65 bits per heavy atom. The van der Waals surface area contributed by atoms with Crippen molar-refractivity contribution in [2.24, 2.45) is 0 Å². The van der Waals surface area contributed by atoms with Crippen molar-refractivity contribution in [1.82, 2.24) is 0 Å². The summed E-state index contributed by atoms with van der Waals surface area (Å²) in [4.78, 5) is 10.2. The summed E-state index contributed by atoms with van der Waals surface area (Å²) in [7, 11) is 0. The molecule has 5 nitrogen and oxygen atoms in total. The van der Waals surface area contributed by atoms with Crippen LogP contribution in [0.15, 0.2) is 40.9 Å². The van der Waals surface area contributed by atoms with Crippen LogP contribution in [0.5, 0.6) is 11.5 Å². The highest BCUT2D eigenvalue weighted by Crippen LogP contribution is 2.31. The van der Waals surface area contributed by atoms with Crippen molar-refractivity contribution in [1.29, 1.82) is 0 Å². The standard InChI is InChI=1S/C13H9BrFNO4/c14-9-4-10(16(18)19)6-11(5-9)20-13-2-1-8(7-17)3-12(13)15/h1-6,17H,7H2. The molecule has 0 saturated carbocycles. The van der Waals surface area contributed by atoms with Crippen LogP contribution in [0, 0.1) is 15.9 Å². The molecule has 0 aliphatic heterocycles. The Bertz CT molecular complexity index is 663. The van der Waals surface area contributed by atoms with Crippen molar-refractivity contribution in [2.45, 2.75) is 6.61 Å². The van der Waals surface area contributed by atoms with Gasteiger partial charge in [-0.05, 0) is 23.8 Å². The van der Waals surface area contributed by atoms with Crippen LogP contribution in [-0.2, 0) is 6.61 Å². The molecule has 0 spiro atoms. The summed E-state index contributed by atoms with van der Waals surface area (Å²) >= 11 is 3.12. The number of aliphatic hydroxyl groups is 1. The first-order valence-electron chi connectivity index (χ1n) is 5.51. The molecule has 2 rings (SSSR count). The van der Waals surface area contributed by atoms with Crippen LogP contribution >= 0.6 is 15.9 Å². The van der Waals surface area contributed by atoms with Crippen molar-refractivity contribution in [3.63, 3.8) is 0 Å². The fourth-order valence-corrected chi connectivity index (χ4v) is 2.02. The number of nitro groups is 1. The normalized spacial score (nSPS) is 10.3. The predicted octanol–water partition coefficient (Wildman–Crippen LogP) is 3.78. The number of halogens is 2. The molecule has 0 radical (unpaired) electrons. The van der Waals surface area contributed by atoms with Crippen molar-refractivity contribution in [3.8, 4) is 11.5 Å². The van der Waals surface area contributed by atoms with E-state index in [0.717, 1.165) is 6.07 Å². The fraction of sp³-hybridized carbons (Fsp3) is 0.0769. The molecule has 0 saturated heterocycles. The summed E-state index contributed by atoms with van der Waals surface area (Å²) in [5.74, 6) is -0.587. The molecule has 20 heavy (non-hydrogen) atoms. The first-order chi connectivity index (χ1) is 9.49. The van der Waals surface area contributed by atoms with Crippen LogP contribution in [0.2, 0.25) is 0 Å². The molecule has 2 aromatic rings. The largest absolute Gasteiger partial charge is 0.454 e. The highest BCUT2D eigenvalue weighted by Gasteiger charge is 2.12. The maximum atomic E-state index is 13.7. The quantitative estimate of drug-likeness (QED) is 0.678. The molecule has 0 unspecified atom stereocenters. The lowest BCUT2D eigenvalue weighted by Gasteiger charge is -2.08. The number of hydrogen-bond donors (Lipinski definition) is 1. The maximum absolute atomic E-state index is 13.7. The lowest BCUT2D eigenvalue weighted by atomic mass is 10.2. The fourth-order valence-electron chi connectivity index (χ4n) is 1.56. The molecule has 7 heteroatoms. The Hall–Kier alpha value is -1.99. The smallest absolute Gasteiger partial charge is 0.274 e. The predicted molar refractivity (Wildman–Crippen MR) is 73.2 cm³/mol. The van der Waals surface area contributed by atoms with E-state index in [0.29, 0.717) is 10.0 Å². The number of aliphatic hydroxyl groups excluding tert-OH is 1. The van der Waals surface area contributed by atoms with E-state index < -0.39 is 10.7 Å². The second-order valence-electron chi connectivity index (χ2n) is 3.93. The van der Waals surface area contributed by atoms with E-state index in [2.05, 4.69) is 15.9 Å². The molecule has 0 amide bonds. The third-order valence-corrected chi connectivity index (χ3v) is 2.93. The average Bonchev–Trinajstić information content (AvgIpc) is 2.40. The molecule has 0 fully saturated rings. The first kappa shape index (κ1) is 14.4. The zero-order chi connectivity index (χ0) is 14.7. The van der Waals surface area contributed by atoms with E-state index >= 15 is 0 Å². The van der Waals surface area contributed by atoms with E-state index in [4.69, 9.17) is 9.84 Å². The number of ether oxygens (including phenoxy) is 1. The second kappa shape index (κ2) is 5.98. The van der Waals surface area contributed by atoms with Gasteiger partial charge in [-0.1, -0.05) is 22.0 Å². The summed E-state index contributed by atoms with van der Waals surface area (Å²) < 4.78 is 19.4. The van der Waals surface area contributed by atoms with Gasteiger partial charge in [-0.15, -0.1) is 0 Å². The minimum atomic E-state index is -0.654. The van der Waals surface area contributed by atoms with Crippen LogP contribution in [0.1, 0.15) is 5.56 Å². The Morgan fingerprint density at radius 1 is 1.30 bits per heavy atom. The van der Waals surface area contributed by atoms with Crippen molar-refractivity contribution in [3.05, 3.63) is 62.4 Å². The Balaban J connectivity index is 2.32. The molecule has 1 N–H and O–H groups in total. The molecule has 0 bridgehead atoms. The van der Waals surface area contributed by atoms with Gasteiger partial charge in [0.2, 0.25) is 0 Å². The second-order valence-corrected chi connectivity index (χ2v) is 4.84. The highest BCUT2D eigenvalue weighted by atomic mass is 79.9. The van der Waals surface area contributed by atoms with E-state index in [-0.39, 0.29) is 23.8 Å². The summed E-state index contributed by atoms with van der Waals surface area (Å²) in [5, 5.41) is 19.6. The summed E-state index contributed by atoms with van der Waals surface area (Å²) in [6.45, 7) is -0.278. The molecule has 2 aromatic carbocycles. The van der Waals surface area contributed by atoms with Crippen molar-refractivity contribution < 1.29 is 19.2 Å². The Morgan fingerprint density at radius 2 is 2.05 bits per heavy atom. The monoisotopic (exact) mass is 341 g/mol. The first-order valence-corrected chi connectivity index (χ1v) is 6.31. The molecule has 0 aromatic heterocycles. The van der Waals surface area contributed by atoms with Gasteiger partial charge in [0.05, 0.1) is 17.6 Å². The van der Waals surface area contributed by atoms with Gasteiger partial charge >= 0.3 is 0 Å². The van der Waals surface area contributed by atoms with Crippen molar-refractivity contribution >= 4 is 21.6 Å². The highest BCUT2D eigenvalue weighted by molar-refractivity contribution is 9.10. The molecule has 0 aliphatic carbocycles. The van der Waals surface area contributed by atoms with Gasteiger partial charge in [-0.25, -0.2) is 4.39 Å². The van der Waals surface area contributed by atoms with Crippen LogP contribution in [0.4, 0.5) is 10.1 Å². The van der Waals surface area contributed by atoms with Gasteiger partial charge in [-0.2, -0.15) is 0 Å². The third-order valence-electron chi connectivity index (χ3n) is 2.47. The van der Waals surface area contributed by atoms with Crippen LogP contribution in [0.3, 0.4) is 0 Å². The zero-order valence-corrected chi connectivity index (χ0v) is 11.6. The molecule has 0 aliphatic rings. The minimum absolute atomic E-state index is 0.0744. The van der Waals surface area contributed by atoms with Gasteiger partial charge in [0.15, 0.2) is 11.6 Å². The molecule has 0 heterocycles. The van der Waals surface area contributed by atoms with E-state index in [9.17, 15) is 14.5 Å². The van der Waals surface area contributed by atoms with E-state index in [1.54, 1.807) is 0 Å². The van der Waals surface area contributed by atoms with Gasteiger partial charge in [0, 0.05) is 10.5 Å². The summed E-state index contributed by atoms with van der Waals surface area (Å²) in [6, 6.07) is 8.01. The number of non-ortho nitro benzene ring substituents is 1. The summed E-state index contributed by atoms with van der Waals surface area (Å²) in [6.07, 6.45) is 0. The molecular formula is C13H9BrFNO4. The average molecular weight is 342 g/mol. The lowest BCUT2D eigenvalue weighted by molar-refractivity contribution is -0.385. The molecular weight excluding hydrogens is 333 g/mol. The van der Waals surface area contributed by atoms with Crippen LogP contribution < -0.4 is 4.74 Å². The third kappa shape index (κ3) is 3.31. The van der Waals surface area contributed by atoms with Gasteiger partial charge in [0.1, 0.15) is 5.75 Å². The van der Waals surface area contributed by atoms with E-state index in [1.807, 2.05) is 0 Å². The molecule has 0 atom stereocenters. The number of hydrogen-bond acceptors (Lipinski definition) is 4. The maximum Gasteiger partial charge on any atom is 0.274 e. The number of nitrogens with zero attached hydrogens (tertiary/aromatic N) is 1. The number of benzene rings is 2. The number of rotatable bonds is 4. The zero-order valence-electron chi connectivity index (χ0n) is 10.0. The van der Waals surface area contributed by atoms with Gasteiger partial charge in [-0.3, -0.25) is 10.1 Å². The number of nitro benzene ring substituents is 1. The van der Waals surface area contributed by atoms with Crippen LogP contribution in [-0.4, -0.2) is 10.0 Å². The van der Waals surface area contributed by atoms with Gasteiger partial charge < -0.3 is 9.84 Å². The Kier molecular flexibility index (Phi) is 4.31. The molecule has 104 valence electrons. The minimum Gasteiger partial charge on any atom is -0.454 e. The Labute approximate surface area is 121 Å². The van der Waals surface area contributed by atoms with Crippen LogP contribution in [0.25, 0.3) is 0 Å². The summed E-state index contributed by atoms with van der Waals surface area (Å²) in [5.41, 5.74) is 0.247.